The molecule has 0 bridgehead atoms. The van der Waals surface area contributed by atoms with Crippen molar-refractivity contribution in [1.82, 2.24) is 15.5 Å². The van der Waals surface area contributed by atoms with Crippen LogP contribution in [0, 0.1) is 0 Å². The van der Waals surface area contributed by atoms with E-state index in [0.717, 1.165) is 62.0 Å². The van der Waals surface area contributed by atoms with Crippen LogP contribution in [0.1, 0.15) is 23.6 Å². The van der Waals surface area contributed by atoms with Gasteiger partial charge in [0.15, 0.2) is 17.5 Å². The Morgan fingerprint density at radius 1 is 1.09 bits per heavy atom. The molecule has 0 fully saturated rings. The van der Waals surface area contributed by atoms with E-state index in [9.17, 15) is 5.11 Å². The first-order valence-electron chi connectivity index (χ1n) is 11.3. The highest BCUT2D eigenvalue weighted by atomic mass is 127. The number of methoxy groups -OCH3 is 2. The van der Waals surface area contributed by atoms with Crippen molar-refractivity contribution < 1.29 is 14.6 Å². The maximum absolute atomic E-state index is 10.5. The van der Waals surface area contributed by atoms with Crippen LogP contribution < -0.4 is 20.1 Å². The minimum absolute atomic E-state index is 0. The van der Waals surface area contributed by atoms with Crippen LogP contribution in [0.3, 0.4) is 0 Å². The number of ether oxygens (including phenoxy) is 2. The van der Waals surface area contributed by atoms with E-state index in [-0.39, 0.29) is 24.0 Å². The number of hydrogen-bond donors (Lipinski definition) is 3. The Bertz CT molecular complexity index is 894. The summed E-state index contributed by atoms with van der Waals surface area (Å²) in [6, 6.07) is 14.5. The van der Waals surface area contributed by atoms with Gasteiger partial charge in [0, 0.05) is 32.7 Å². The molecule has 2 aromatic carbocycles. The largest absolute Gasteiger partial charge is 0.493 e. The van der Waals surface area contributed by atoms with Crippen LogP contribution in [-0.2, 0) is 19.4 Å². The van der Waals surface area contributed by atoms with Crippen molar-refractivity contribution >= 4 is 29.9 Å². The number of guanidine groups is 1. The second kappa shape index (κ2) is 14.3. The van der Waals surface area contributed by atoms with Crippen LogP contribution in [-0.4, -0.2) is 69.0 Å². The Hall–Kier alpha value is -2.04. The van der Waals surface area contributed by atoms with Crippen molar-refractivity contribution in [3.05, 3.63) is 59.2 Å². The average Bonchev–Trinajstić information content (AvgIpc) is 2.82. The van der Waals surface area contributed by atoms with Gasteiger partial charge >= 0.3 is 0 Å². The fourth-order valence-electron chi connectivity index (χ4n) is 3.97. The number of rotatable bonds is 10. The van der Waals surface area contributed by atoms with Crippen LogP contribution in [0.15, 0.2) is 47.5 Å². The Morgan fingerprint density at radius 3 is 2.58 bits per heavy atom. The molecule has 7 nitrogen and oxygen atoms in total. The standard InChI is InChI=1S/C25H36N4O3.HI/c1-4-26-25(27-13-11-19-9-10-23(31-2)24(15-19)32-3)28-16-22(30)18-29-14-12-20-7-5-6-8-21(20)17-29;/h5-10,15,22,30H,4,11-14,16-18H2,1-3H3,(H2,26,27,28);1H. The molecule has 0 radical (unpaired) electrons. The number of halogens is 1. The summed E-state index contributed by atoms with van der Waals surface area (Å²) in [6.07, 6.45) is 1.36. The Labute approximate surface area is 214 Å². The Morgan fingerprint density at radius 2 is 1.85 bits per heavy atom. The molecule has 3 rings (SSSR count). The minimum Gasteiger partial charge on any atom is -0.493 e. The van der Waals surface area contributed by atoms with Gasteiger partial charge in [-0.25, -0.2) is 0 Å². The molecule has 0 amide bonds. The van der Waals surface area contributed by atoms with E-state index >= 15 is 0 Å². The number of β-amino-alcohol motifs (C(OH)–C–C–N with tert-alkyl or cyclic N) is 1. The van der Waals surface area contributed by atoms with E-state index in [1.165, 1.54) is 11.1 Å². The predicted octanol–water partition coefficient (Wildman–Crippen LogP) is 2.84. The molecule has 1 heterocycles. The molecule has 33 heavy (non-hydrogen) atoms. The lowest BCUT2D eigenvalue weighted by Crippen LogP contribution is -2.40. The van der Waals surface area contributed by atoms with E-state index in [4.69, 9.17) is 9.47 Å². The van der Waals surface area contributed by atoms with E-state index in [0.29, 0.717) is 13.1 Å². The molecule has 0 saturated carbocycles. The molecule has 0 saturated heterocycles. The monoisotopic (exact) mass is 568 g/mol. The lowest BCUT2D eigenvalue weighted by molar-refractivity contribution is 0.111. The van der Waals surface area contributed by atoms with Crippen molar-refractivity contribution in [3.63, 3.8) is 0 Å². The van der Waals surface area contributed by atoms with E-state index in [1.54, 1.807) is 14.2 Å². The fourth-order valence-corrected chi connectivity index (χ4v) is 3.97. The average molecular weight is 569 g/mol. The van der Waals surface area contributed by atoms with Crippen molar-refractivity contribution in [3.8, 4) is 11.5 Å². The van der Waals surface area contributed by atoms with Gasteiger partial charge in [0.2, 0.25) is 0 Å². The van der Waals surface area contributed by atoms with Crippen molar-refractivity contribution in [2.75, 3.05) is 46.9 Å². The van der Waals surface area contributed by atoms with Gasteiger partial charge in [-0.1, -0.05) is 30.3 Å². The maximum Gasteiger partial charge on any atom is 0.191 e. The normalized spacial score (nSPS) is 14.6. The topological polar surface area (TPSA) is 78.4 Å². The Balaban J connectivity index is 0.00000385. The molecule has 0 aliphatic carbocycles. The third kappa shape index (κ3) is 8.35. The molecule has 8 heteroatoms. The zero-order valence-corrected chi connectivity index (χ0v) is 22.2. The number of nitrogens with zero attached hydrogens (tertiary/aromatic N) is 2. The lowest BCUT2D eigenvalue weighted by atomic mass is 10.00. The highest BCUT2D eigenvalue weighted by Crippen LogP contribution is 2.27. The third-order valence-electron chi connectivity index (χ3n) is 5.64. The van der Waals surface area contributed by atoms with Crippen LogP contribution >= 0.6 is 24.0 Å². The molecule has 1 atom stereocenters. The molecule has 2 aromatic rings. The van der Waals surface area contributed by atoms with Crippen LogP contribution in [0.25, 0.3) is 0 Å². The minimum atomic E-state index is -0.499. The van der Waals surface area contributed by atoms with Gasteiger partial charge in [0.1, 0.15) is 0 Å². The number of fused-ring (bicyclic) bond motifs is 1. The molecular weight excluding hydrogens is 531 g/mol. The number of nitrogens with one attached hydrogen (secondary N) is 2. The predicted molar refractivity (Wildman–Crippen MR) is 144 cm³/mol. The molecule has 0 aromatic heterocycles. The summed E-state index contributed by atoms with van der Waals surface area (Å²) >= 11 is 0. The molecule has 1 unspecified atom stereocenters. The van der Waals surface area contributed by atoms with Crippen LogP contribution in [0.2, 0.25) is 0 Å². The van der Waals surface area contributed by atoms with E-state index in [2.05, 4.69) is 44.8 Å². The third-order valence-corrected chi connectivity index (χ3v) is 5.64. The first-order chi connectivity index (χ1) is 15.6. The van der Waals surface area contributed by atoms with Crippen molar-refractivity contribution in [1.29, 1.82) is 0 Å². The summed E-state index contributed by atoms with van der Waals surface area (Å²) in [4.78, 5) is 6.89. The number of aliphatic hydroxyl groups excluding tert-OH is 1. The van der Waals surface area contributed by atoms with Crippen molar-refractivity contribution in [2.24, 2.45) is 4.99 Å². The van der Waals surface area contributed by atoms with Gasteiger partial charge in [-0.2, -0.15) is 0 Å². The van der Waals surface area contributed by atoms with E-state index < -0.39 is 6.10 Å². The van der Waals surface area contributed by atoms with Crippen LogP contribution in [0.5, 0.6) is 11.5 Å². The number of aliphatic hydroxyl groups is 1. The second-order valence-corrected chi connectivity index (χ2v) is 7.99. The van der Waals surface area contributed by atoms with Crippen molar-refractivity contribution in [2.45, 2.75) is 32.4 Å². The van der Waals surface area contributed by atoms with Gasteiger partial charge in [0.25, 0.3) is 0 Å². The zero-order chi connectivity index (χ0) is 22.8. The van der Waals surface area contributed by atoms with Gasteiger partial charge in [-0.15, -0.1) is 24.0 Å². The SMILES string of the molecule is CCNC(=NCC(O)CN1CCc2ccccc2C1)NCCc1ccc(OC)c(OC)c1.I. The summed E-state index contributed by atoms with van der Waals surface area (Å²) in [7, 11) is 3.28. The molecule has 1 aliphatic heterocycles. The molecular formula is C25H37IN4O3. The molecule has 3 N–H and O–H groups in total. The molecule has 0 spiro atoms. The summed E-state index contributed by atoms with van der Waals surface area (Å²) in [5.41, 5.74) is 3.93. The highest BCUT2D eigenvalue weighted by molar-refractivity contribution is 14.0. The first-order valence-corrected chi connectivity index (χ1v) is 11.3. The first kappa shape index (κ1) is 27.2. The summed E-state index contributed by atoms with van der Waals surface area (Å²) < 4.78 is 10.7. The van der Waals surface area contributed by atoms with Gasteiger partial charge in [0.05, 0.1) is 26.9 Å². The van der Waals surface area contributed by atoms with E-state index in [1.807, 2.05) is 25.1 Å². The summed E-state index contributed by atoms with van der Waals surface area (Å²) in [5, 5.41) is 17.1. The van der Waals surface area contributed by atoms with Crippen LogP contribution in [0.4, 0.5) is 0 Å². The summed E-state index contributed by atoms with van der Waals surface area (Å²) in [6.45, 7) is 6.38. The lowest BCUT2D eigenvalue weighted by Gasteiger charge is -2.30. The number of hydrogen-bond acceptors (Lipinski definition) is 5. The second-order valence-electron chi connectivity index (χ2n) is 7.99. The maximum atomic E-state index is 10.5. The number of aliphatic imine (C=N–C) groups is 1. The van der Waals surface area contributed by atoms with Gasteiger partial charge in [-0.05, 0) is 48.6 Å². The molecule has 1 aliphatic rings. The quantitative estimate of drug-likeness (QED) is 0.233. The van der Waals surface area contributed by atoms with Gasteiger partial charge < -0.3 is 25.2 Å². The van der Waals surface area contributed by atoms with Gasteiger partial charge in [-0.3, -0.25) is 9.89 Å². The molecule has 182 valence electrons. The summed E-state index contributed by atoms with van der Waals surface area (Å²) in [5.74, 6) is 2.18. The fraction of sp³-hybridized carbons (Fsp3) is 0.480. The Kier molecular flexibility index (Phi) is 11.8. The smallest absolute Gasteiger partial charge is 0.191 e. The zero-order valence-electron chi connectivity index (χ0n) is 19.8. The number of benzene rings is 2. The highest BCUT2D eigenvalue weighted by Gasteiger charge is 2.18.